The highest BCUT2D eigenvalue weighted by atomic mass is 16.7. The van der Waals surface area contributed by atoms with Crippen LogP contribution in [0.1, 0.15) is 0 Å². The van der Waals surface area contributed by atoms with Gasteiger partial charge in [-0.3, -0.25) is 9.67 Å². The van der Waals surface area contributed by atoms with E-state index in [-0.39, 0.29) is 6.79 Å². The van der Waals surface area contributed by atoms with Gasteiger partial charge >= 0.3 is 0 Å². The number of H-pyrrole nitrogens is 1. The summed E-state index contributed by atoms with van der Waals surface area (Å²) in [6, 6.07) is 12.1. The quantitative estimate of drug-likeness (QED) is 0.618. The molecule has 0 aliphatic carbocycles. The van der Waals surface area contributed by atoms with Crippen LogP contribution >= 0.6 is 0 Å². The second-order valence-corrected chi connectivity index (χ2v) is 5.34. The van der Waals surface area contributed by atoms with Crippen molar-refractivity contribution in [2.45, 2.75) is 0 Å². The van der Waals surface area contributed by atoms with Crippen LogP contribution in [0, 0.1) is 0 Å². The van der Waals surface area contributed by atoms with E-state index in [4.69, 9.17) is 9.47 Å². The van der Waals surface area contributed by atoms with E-state index < -0.39 is 0 Å². The standard InChI is InChI=1S/C17H12N4O2/c1-3-14-15(5-11(1)12-7-19-20-8-12)21(9-18-14)13-2-4-16-17(6-13)23-10-22-16/h1-9H,10H2,(H,19,20). The van der Waals surface area contributed by atoms with Gasteiger partial charge in [0.25, 0.3) is 0 Å². The molecule has 3 heterocycles. The zero-order valence-electron chi connectivity index (χ0n) is 12.1. The third-order valence-corrected chi connectivity index (χ3v) is 4.01. The van der Waals surface area contributed by atoms with Crippen molar-refractivity contribution >= 4 is 11.0 Å². The molecule has 6 nitrogen and oxygen atoms in total. The normalized spacial score (nSPS) is 12.9. The van der Waals surface area contributed by atoms with Gasteiger partial charge in [-0.05, 0) is 29.8 Å². The monoisotopic (exact) mass is 304 g/mol. The number of hydrogen-bond acceptors (Lipinski definition) is 4. The second kappa shape index (κ2) is 4.61. The lowest BCUT2D eigenvalue weighted by atomic mass is 10.1. The molecule has 4 aromatic rings. The Balaban J connectivity index is 1.68. The molecule has 1 N–H and O–H groups in total. The van der Waals surface area contributed by atoms with E-state index in [0.29, 0.717) is 0 Å². The maximum Gasteiger partial charge on any atom is 0.231 e. The van der Waals surface area contributed by atoms with Crippen LogP contribution in [-0.2, 0) is 0 Å². The second-order valence-electron chi connectivity index (χ2n) is 5.34. The van der Waals surface area contributed by atoms with E-state index in [1.807, 2.05) is 53.6 Å². The molecule has 0 unspecified atom stereocenters. The van der Waals surface area contributed by atoms with E-state index in [1.54, 1.807) is 0 Å². The molecule has 0 saturated heterocycles. The molecule has 23 heavy (non-hydrogen) atoms. The molecule has 1 aliphatic heterocycles. The zero-order chi connectivity index (χ0) is 15.2. The Bertz CT molecular complexity index is 1000. The van der Waals surface area contributed by atoms with Gasteiger partial charge in [0.05, 0.1) is 22.9 Å². The number of hydrogen-bond donors (Lipinski definition) is 1. The fourth-order valence-electron chi connectivity index (χ4n) is 2.84. The first kappa shape index (κ1) is 12.3. The topological polar surface area (TPSA) is 65.0 Å². The third kappa shape index (κ3) is 1.88. The van der Waals surface area contributed by atoms with Gasteiger partial charge in [-0.25, -0.2) is 4.98 Å². The zero-order valence-corrected chi connectivity index (χ0v) is 12.1. The van der Waals surface area contributed by atoms with Crippen LogP contribution < -0.4 is 9.47 Å². The van der Waals surface area contributed by atoms with E-state index in [2.05, 4.69) is 21.2 Å². The van der Waals surface area contributed by atoms with E-state index in [9.17, 15) is 0 Å². The summed E-state index contributed by atoms with van der Waals surface area (Å²) in [5.74, 6) is 1.53. The van der Waals surface area contributed by atoms with Gasteiger partial charge in [0, 0.05) is 17.8 Å². The summed E-state index contributed by atoms with van der Waals surface area (Å²) >= 11 is 0. The lowest BCUT2D eigenvalue weighted by Crippen LogP contribution is -1.93. The first-order chi connectivity index (χ1) is 11.4. The van der Waals surface area contributed by atoms with Crippen LogP contribution in [0.25, 0.3) is 27.8 Å². The summed E-state index contributed by atoms with van der Waals surface area (Å²) < 4.78 is 12.9. The Hall–Kier alpha value is -3.28. The SMILES string of the molecule is c1cc2ncn(-c3ccc4c(c3)OCO4)c2cc1-c1cn[nH]c1. The van der Waals surface area contributed by atoms with Crippen molar-refractivity contribution in [2.75, 3.05) is 6.79 Å². The number of nitrogens with zero attached hydrogens (tertiary/aromatic N) is 3. The maximum atomic E-state index is 5.46. The number of aromatic nitrogens is 4. The van der Waals surface area contributed by atoms with E-state index in [1.165, 1.54) is 0 Å². The largest absolute Gasteiger partial charge is 0.454 e. The van der Waals surface area contributed by atoms with Gasteiger partial charge in [0.2, 0.25) is 6.79 Å². The predicted molar refractivity (Wildman–Crippen MR) is 84.8 cm³/mol. The van der Waals surface area contributed by atoms with Gasteiger partial charge in [0.15, 0.2) is 11.5 Å². The number of fused-ring (bicyclic) bond motifs is 2. The van der Waals surface area contributed by atoms with E-state index >= 15 is 0 Å². The van der Waals surface area contributed by atoms with Crippen LogP contribution in [0.3, 0.4) is 0 Å². The van der Waals surface area contributed by atoms with Crippen molar-refractivity contribution in [3.63, 3.8) is 0 Å². The molecule has 6 heteroatoms. The summed E-state index contributed by atoms with van der Waals surface area (Å²) in [5.41, 5.74) is 5.10. The van der Waals surface area contributed by atoms with Crippen molar-refractivity contribution in [1.82, 2.24) is 19.7 Å². The lowest BCUT2D eigenvalue weighted by molar-refractivity contribution is 0.174. The van der Waals surface area contributed by atoms with Crippen LogP contribution in [0.15, 0.2) is 55.1 Å². The van der Waals surface area contributed by atoms with Gasteiger partial charge in [0.1, 0.15) is 6.33 Å². The van der Waals surface area contributed by atoms with Crippen molar-refractivity contribution in [1.29, 1.82) is 0 Å². The number of benzene rings is 2. The Labute approximate surface area is 131 Å². The fraction of sp³-hybridized carbons (Fsp3) is 0.0588. The highest BCUT2D eigenvalue weighted by molar-refractivity contribution is 5.83. The Kier molecular flexibility index (Phi) is 2.46. The average molecular weight is 304 g/mol. The molecular weight excluding hydrogens is 292 g/mol. The molecule has 112 valence electrons. The summed E-state index contributed by atoms with van der Waals surface area (Å²) in [4.78, 5) is 4.48. The number of nitrogens with one attached hydrogen (secondary N) is 1. The van der Waals surface area contributed by atoms with Crippen molar-refractivity contribution in [3.05, 3.63) is 55.1 Å². The molecule has 0 bridgehead atoms. The minimum atomic E-state index is 0.272. The molecule has 0 amide bonds. The molecule has 0 fully saturated rings. The third-order valence-electron chi connectivity index (χ3n) is 4.01. The van der Waals surface area contributed by atoms with Crippen LogP contribution in [0.4, 0.5) is 0 Å². The highest BCUT2D eigenvalue weighted by Crippen LogP contribution is 2.34. The molecule has 1 aliphatic rings. The minimum absolute atomic E-state index is 0.272. The molecule has 0 radical (unpaired) electrons. The lowest BCUT2D eigenvalue weighted by Gasteiger charge is -2.06. The first-order valence-electron chi connectivity index (χ1n) is 7.25. The molecule has 5 rings (SSSR count). The Morgan fingerprint density at radius 3 is 2.87 bits per heavy atom. The minimum Gasteiger partial charge on any atom is -0.454 e. The average Bonchev–Trinajstić information content (AvgIpc) is 3.32. The summed E-state index contributed by atoms with van der Waals surface area (Å²) in [5, 5.41) is 6.85. The van der Waals surface area contributed by atoms with E-state index in [0.717, 1.165) is 39.3 Å². The van der Waals surface area contributed by atoms with Gasteiger partial charge in [-0.15, -0.1) is 0 Å². The smallest absolute Gasteiger partial charge is 0.231 e. The highest BCUT2D eigenvalue weighted by Gasteiger charge is 2.15. The van der Waals surface area contributed by atoms with Crippen LogP contribution in [0.2, 0.25) is 0 Å². The number of rotatable bonds is 2. The molecule has 2 aromatic carbocycles. The van der Waals surface area contributed by atoms with Crippen molar-refractivity contribution in [2.24, 2.45) is 0 Å². The molecule has 0 spiro atoms. The number of ether oxygens (including phenoxy) is 2. The van der Waals surface area contributed by atoms with Crippen LogP contribution in [0.5, 0.6) is 11.5 Å². The molecular formula is C17H12N4O2. The van der Waals surface area contributed by atoms with Crippen molar-refractivity contribution < 1.29 is 9.47 Å². The number of imidazole rings is 1. The summed E-state index contributed by atoms with van der Waals surface area (Å²) in [6.45, 7) is 0.272. The Morgan fingerprint density at radius 1 is 1.00 bits per heavy atom. The fourth-order valence-corrected chi connectivity index (χ4v) is 2.84. The molecule has 0 saturated carbocycles. The van der Waals surface area contributed by atoms with Gasteiger partial charge in [-0.1, -0.05) is 6.07 Å². The number of aromatic amines is 1. The summed E-state index contributed by atoms with van der Waals surface area (Å²) in [7, 11) is 0. The molecule has 0 atom stereocenters. The van der Waals surface area contributed by atoms with Gasteiger partial charge < -0.3 is 9.47 Å². The van der Waals surface area contributed by atoms with Gasteiger partial charge in [-0.2, -0.15) is 5.10 Å². The van der Waals surface area contributed by atoms with Crippen LogP contribution in [-0.4, -0.2) is 26.5 Å². The maximum absolute atomic E-state index is 5.46. The van der Waals surface area contributed by atoms with Crippen molar-refractivity contribution in [3.8, 4) is 28.3 Å². The Morgan fingerprint density at radius 2 is 1.96 bits per heavy atom. The molecule has 2 aromatic heterocycles. The predicted octanol–water partition coefficient (Wildman–Crippen LogP) is 3.14. The summed E-state index contributed by atoms with van der Waals surface area (Å²) in [6.07, 6.45) is 5.51. The first-order valence-corrected chi connectivity index (χ1v) is 7.25.